The number of hydrogen-bond acceptors (Lipinski definition) is 4. The molecule has 0 aliphatic carbocycles. The summed E-state index contributed by atoms with van der Waals surface area (Å²) in [7, 11) is 3.63. The fourth-order valence-electron chi connectivity index (χ4n) is 2.86. The van der Waals surface area contributed by atoms with Gasteiger partial charge in [-0.2, -0.15) is 5.10 Å². The second-order valence-electron chi connectivity index (χ2n) is 5.94. The molecule has 1 aromatic heterocycles. The summed E-state index contributed by atoms with van der Waals surface area (Å²) in [5, 5.41) is 6.07. The minimum Gasteiger partial charge on any atom is -0.497 e. The Morgan fingerprint density at radius 1 is 1.12 bits per heavy atom. The van der Waals surface area contributed by atoms with Gasteiger partial charge in [-0.05, 0) is 37.7 Å². The Labute approximate surface area is 141 Å². The zero-order chi connectivity index (χ0) is 17.1. The van der Waals surface area contributed by atoms with Gasteiger partial charge in [0.2, 0.25) is 0 Å². The zero-order valence-corrected chi connectivity index (χ0v) is 14.2. The van der Waals surface area contributed by atoms with Gasteiger partial charge in [0.05, 0.1) is 24.9 Å². The lowest BCUT2D eigenvalue weighted by Gasteiger charge is -2.18. The Kier molecular flexibility index (Phi) is 4.62. The molecule has 0 spiro atoms. The van der Waals surface area contributed by atoms with Crippen LogP contribution in [0, 0.1) is 6.92 Å². The molecule has 0 aliphatic heterocycles. The quantitative estimate of drug-likeness (QED) is 0.724. The van der Waals surface area contributed by atoms with Gasteiger partial charge in [-0.1, -0.05) is 30.3 Å². The van der Waals surface area contributed by atoms with Crippen LogP contribution in [-0.4, -0.2) is 28.8 Å². The Morgan fingerprint density at radius 3 is 2.62 bits per heavy atom. The maximum Gasteiger partial charge on any atom is 0.275 e. The van der Waals surface area contributed by atoms with Crippen LogP contribution >= 0.6 is 0 Å². The van der Waals surface area contributed by atoms with E-state index in [2.05, 4.69) is 10.00 Å². The lowest BCUT2D eigenvalue weighted by Crippen LogP contribution is -2.32. The molecule has 0 atom stereocenters. The van der Waals surface area contributed by atoms with Gasteiger partial charge in [-0.15, -0.1) is 0 Å². The highest BCUT2D eigenvalue weighted by atomic mass is 16.5. The number of hydrogen-bond donors (Lipinski definition) is 0. The number of benzene rings is 2. The molecular formula is C19H21N3O2. The van der Waals surface area contributed by atoms with Crippen molar-refractivity contribution in [3.8, 4) is 5.75 Å². The molecule has 5 heteroatoms. The van der Waals surface area contributed by atoms with Crippen molar-refractivity contribution in [3.05, 3.63) is 70.1 Å². The molecule has 5 nitrogen and oxygen atoms in total. The van der Waals surface area contributed by atoms with E-state index in [0.717, 1.165) is 22.4 Å². The van der Waals surface area contributed by atoms with Crippen molar-refractivity contribution in [1.29, 1.82) is 0 Å². The molecule has 0 aliphatic rings. The zero-order valence-electron chi connectivity index (χ0n) is 14.2. The van der Waals surface area contributed by atoms with Crippen LogP contribution in [-0.2, 0) is 13.2 Å². The van der Waals surface area contributed by atoms with Crippen LogP contribution in [0.2, 0.25) is 0 Å². The first-order valence-corrected chi connectivity index (χ1v) is 7.86. The smallest absolute Gasteiger partial charge is 0.275 e. The second kappa shape index (κ2) is 6.84. The van der Waals surface area contributed by atoms with Crippen LogP contribution in [0.5, 0.6) is 5.75 Å². The van der Waals surface area contributed by atoms with Crippen LogP contribution in [0.4, 0.5) is 0 Å². The normalized spacial score (nSPS) is 11.2. The highest BCUT2D eigenvalue weighted by Crippen LogP contribution is 2.15. The van der Waals surface area contributed by atoms with Crippen molar-refractivity contribution in [2.75, 3.05) is 14.2 Å². The standard InChI is InChI=1S/C19H21N3O2/c1-14-17-9-4-5-10-18(17)19(23)22(20-14)13-21(2)12-15-7-6-8-16(11-15)24-3/h4-11H,12-13H2,1-3H3. The first-order chi connectivity index (χ1) is 11.6. The summed E-state index contributed by atoms with van der Waals surface area (Å²) in [6, 6.07) is 15.5. The van der Waals surface area contributed by atoms with Crippen LogP contribution in [0.3, 0.4) is 0 Å². The van der Waals surface area contributed by atoms with Gasteiger partial charge >= 0.3 is 0 Å². The third kappa shape index (κ3) is 3.31. The maximum atomic E-state index is 12.6. The predicted molar refractivity (Wildman–Crippen MR) is 95.2 cm³/mol. The molecule has 2 aromatic carbocycles. The van der Waals surface area contributed by atoms with Crippen LogP contribution in [0.15, 0.2) is 53.3 Å². The van der Waals surface area contributed by atoms with E-state index >= 15 is 0 Å². The summed E-state index contributed by atoms with van der Waals surface area (Å²) in [5.74, 6) is 0.831. The van der Waals surface area contributed by atoms with Crippen molar-refractivity contribution in [2.45, 2.75) is 20.1 Å². The topological polar surface area (TPSA) is 47.4 Å². The van der Waals surface area contributed by atoms with E-state index in [-0.39, 0.29) is 5.56 Å². The van der Waals surface area contributed by atoms with E-state index in [1.807, 2.05) is 62.5 Å². The molecule has 0 saturated heterocycles. The minimum atomic E-state index is -0.0614. The lowest BCUT2D eigenvalue weighted by molar-refractivity contribution is 0.240. The summed E-state index contributed by atoms with van der Waals surface area (Å²) in [6.45, 7) is 3.07. The summed E-state index contributed by atoms with van der Waals surface area (Å²) in [6.07, 6.45) is 0. The van der Waals surface area contributed by atoms with Crippen molar-refractivity contribution >= 4 is 10.8 Å². The Balaban J connectivity index is 1.84. The fraction of sp³-hybridized carbons (Fsp3) is 0.263. The third-order valence-electron chi connectivity index (χ3n) is 4.01. The molecule has 3 rings (SSSR count). The van der Waals surface area contributed by atoms with E-state index in [0.29, 0.717) is 18.6 Å². The summed E-state index contributed by atoms with van der Waals surface area (Å²) < 4.78 is 6.78. The second-order valence-corrected chi connectivity index (χ2v) is 5.94. The van der Waals surface area contributed by atoms with Crippen molar-refractivity contribution in [3.63, 3.8) is 0 Å². The largest absolute Gasteiger partial charge is 0.497 e. The van der Waals surface area contributed by atoms with Gasteiger partial charge in [0.1, 0.15) is 5.75 Å². The average Bonchev–Trinajstić information content (AvgIpc) is 2.59. The molecule has 1 heterocycles. The summed E-state index contributed by atoms with van der Waals surface area (Å²) in [5.41, 5.74) is 1.93. The number of nitrogens with zero attached hydrogens (tertiary/aromatic N) is 3. The van der Waals surface area contributed by atoms with E-state index in [1.54, 1.807) is 7.11 Å². The monoisotopic (exact) mass is 323 g/mol. The predicted octanol–water partition coefficient (Wildman–Crippen LogP) is 2.80. The molecule has 0 saturated carbocycles. The number of rotatable bonds is 5. The average molecular weight is 323 g/mol. The molecule has 0 radical (unpaired) electrons. The Hall–Kier alpha value is -2.66. The SMILES string of the molecule is COc1cccc(CN(C)Cn2nc(C)c3ccccc3c2=O)c1. The molecular weight excluding hydrogens is 302 g/mol. The van der Waals surface area contributed by atoms with Gasteiger partial charge in [0.15, 0.2) is 0 Å². The molecule has 3 aromatic rings. The molecule has 0 unspecified atom stereocenters. The van der Waals surface area contributed by atoms with Gasteiger partial charge in [-0.25, -0.2) is 4.68 Å². The molecule has 124 valence electrons. The molecule has 24 heavy (non-hydrogen) atoms. The van der Waals surface area contributed by atoms with E-state index in [9.17, 15) is 4.79 Å². The van der Waals surface area contributed by atoms with Crippen molar-refractivity contribution in [2.24, 2.45) is 0 Å². The maximum absolute atomic E-state index is 12.6. The number of methoxy groups -OCH3 is 1. The highest BCUT2D eigenvalue weighted by Gasteiger charge is 2.09. The van der Waals surface area contributed by atoms with E-state index < -0.39 is 0 Å². The Morgan fingerprint density at radius 2 is 1.88 bits per heavy atom. The minimum absolute atomic E-state index is 0.0614. The van der Waals surface area contributed by atoms with Gasteiger partial charge < -0.3 is 4.74 Å². The highest BCUT2D eigenvalue weighted by molar-refractivity contribution is 5.83. The first-order valence-electron chi connectivity index (χ1n) is 7.86. The Bertz CT molecular complexity index is 918. The van der Waals surface area contributed by atoms with Crippen LogP contribution in [0.25, 0.3) is 10.8 Å². The van der Waals surface area contributed by atoms with Gasteiger partial charge in [-0.3, -0.25) is 9.69 Å². The van der Waals surface area contributed by atoms with Crippen molar-refractivity contribution in [1.82, 2.24) is 14.7 Å². The number of ether oxygens (including phenoxy) is 1. The third-order valence-corrected chi connectivity index (χ3v) is 4.01. The molecule has 0 fully saturated rings. The van der Waals surface area contributed by atoms with Gasteiger partial charge in [0, 0.05) is 11.9 Å². The molecule has 0 bridgehead atoms. The van der Waals surface area contributed by atoms with Crippen LogP contribution < -0.4 is 10.3 Å². The number of fused-ring (bicyclic) bond motifs is 1. The summed E-state index contributed by atoms with van der Waals surface area (Å²) >= 11 is 0. The number of aryl methyl sites for hydroxylation is 1. The number of aromatic nitrogens is 2. The first kappa shape index (κ1) is 16.2. The van der Waals surface area contributed by atoms with Crippen molar-refractivity contribution < 1.29 is 4.74 Å². The van der Waals surface area contributed by atoms with E-state index in [4.69, 9.17) is 4.74 Å². The van der Waals surface area contributed by atoms with E-state index in [1.165, 1.54) is 4.68 Å². The molecule has 0 N–H and O–H groups in total. The fourth-order valence-corrected chi connectivity index (χ4v) is 2.86. The lowest BCUT2D eigenvalue weighted by atomic mass is 10.1. The molecule has 0 amide bonds. The summed E-state index contributed by atoms with van der Waals surface area (Å²) in [4.78, 5) is 14.7. The van der Waals surface area contributed by atoms with Crippen LogP contribution in [0.1, 0.15) is 11.3 Å². The van der Waals surface area contributed by atoms with Gasteiger partial charge in [0.25, 0.3) is 5.56 Å².